The minimum Gasteiger partial charge on any atom is -0.368 e. The maximum Gasteiger partial charge on any atom is 0.274 e. The van der Waals surface area contributed by atoms with Crippen molar-refractivity contribution in [2.24, 2.45) is 0 Å². The molecule has 0 amide bonds. The minimum atomic E-state index is -0.227. The molecule has 3 N–H and O–H groups in total. The average Bonchev–Trinajstić information content (AvgIpc) is 2.86. The SMILES string of the molecule is CC(SCc1cc(=O)n2[nH]c(N)nc2n1)c1ccccc1Cl. The molecule has 1 unspecified atom stereocenters. The minimum absolute atomic E-state index is 0.166. The van der Waals surface area contributed by atoms with Crippen molar-refractivity contribution in [1.29, 1.82) is 0 Å². The molecule has 1 aromatic carbocycles. The molecule has 0 saturated heterocycles. The maximum atomic E-state index is 11.9. The molecule has 0 spiro atoms. The third-order valence-corrected chi connectivity index (χ3v) is 4.79. The number of nitrogens with zero attached hydrogens (tertiary/aromatic N) is 3. The molecule has 0 aliphatic carbocycles. The molecule has 1 atom stereocenters. The average molecular weight is 336 g/mol. The third kappa shape index (κ3) is 2.95. The zero-order chi connectivity index (χ0) is 15.7. The van der Waals surface area contributed by atoms with E-state index < -0.39 is 0 Å². The number of anilines is 1. The second kappa shape index (κ2) is 6.02. The first-order chi connectivity index (χ1) is 10.5. The van der Waals surface area contributed by atoms with Crippen LogP contribution in [0.3, 0.4) is 0 Å². The summed E-state index contributed by atoms with van der Waals surface area (Å²) in [6, 6.07) is 9.22. The zero-order valence-electron chi connectivity index (χ0n) is 11.8. The van der Waals surface area contributed by atoms with Crippen LogP contribution in [-0.4, -0.2) is 19.6 Å². The van der Waals surface area contributed by atoms with Gasteiger partial charge in [-0.3, -0.25) is 9.89 Å². The highest BCUT2D eigenvalue weighted by Crippen LogP contribution is 2.34. The molecule has 3 aromatic rings. The third-order valence-electron chi connectivity index (χ3n) is 3.23. The second-order valence-electron chi connectivity index (χ2n) is 4.80. The Hall–Kier alpha value is -1.99. The van der Waals surface area contributed by atoms with Crippen LogP contribution in [-0.2, 0) is 5.75 Å². The van der Waals surface area contributed by atoms with E-state index in [2.05, 4.69) is 22.0 Å². The van der Waals surface area contributed by atoms with Crippen molar-refractivity contribution >= 4 is 35.1 Å². The number of thioether (sulfide) groups is 1. The largest absolute Gasteiger partial charge is 0.368 e. The molecule has 0 aliphatic heterocycles. The molecule has 114 valence electrons. The van der Waals surface area contributed by atoms with Crippen LogP contribution in [0.25, 0.3) is 5.78 Å². The van der Waals surface area contributed by atoms with Crippen molar-refractivity contribution in [3.05, 3.63) is 57.0 Å². The number of nitrogens with two attached hydrogens (primary N) is 1. The number of nitrogen functional groups attached to an aromatic ring is 1. The quantitative estimate of drug-likeness (QED) is 0.765. The van der Waals surface area contributed by atoms with E-state index >= 15 is 0 Å². The zero-order valence-corrected chi connectivity index (χ0v) is 13.4. The van der Waals surface area contributed by atoms with E-state index in [0.717, 1.165) is 10.6 Å². The predicted octanol–water partition coefficient (Wildman–Crippen LogP) is 2.65. The van der Waals surface area contributed by atoms with Gasteiger partial charge in [0.05, 0.1) is 5.69 Å². The molecular weight excluding hydrogens is 322 g/mol. The Morgan fingerprint density at radius 2 is 2.18 bits per heavy atom. The number of benzene rings is 1. The van der Waals surface area contributed by atoms with Gasteiger partial charge in [-0.1, -0.05) is 29.8 Å². The van der Waals surface area contributed by atoms with Crippen LogP contribution >= 0.6 is 23.4 Å². The number of hydrogen-bond acceptors (Lipinski definition) is 5. The number of H-pyrrole nitrogens is 1. The van der Waals surface area contributed by atoms with Gasteiger partial charge in [0.2, 0.25) is 5.95 Å². The van der Waals surface area contributed by atoms with Gasteiger partial charge in [0.1, 0.15) is 0 Å². The highest BCUT2D eigenvalue weighted by Gasteiger charge is 2.12. The summed E-state index contributed by atoms with van der Waals surface area (Å²) in [5.41, 5.74) is 7.04. The predicted molar refractivity (Wildman–Crippen MR) is 89.2 cm³/mol. The van der Waals surface area contributed by atoms with Gasteiger partial charge in [-0.05, 0) is 18.6 Å². The number of halogens is 1. The number of nitrogens with one attached hydrogen (secondary N) is 1. The summed E-state index contributed by atoms with van der Waals surface area (Å²) in [5.74, 6) is 1.04. The van der Waals surface area contributed by atoms with E-state index in [0.29, 0.717) is 11.4 Å². The summed E-state index contributed by atoms with van der Waals surface area (Å²) in [7, 11) is 0. The number of aromatic nitrogens is 4. The van der Waals surface area contributed by atoms with Gasteiger partial charge >= 0.3 is 0 Å². The molecule has 6 nitrogen and oxygen atoms in total. The summed E-state index contributed by atoms with van der Waals surface area (Å²) >= 11 is 7.85. The summed E-state index contributed by atoms with van der Waals surface area (Å²) < 4.78 is 1.22. The molecule has 2 aromatic heterocycles. The Morgan fingerprint density at radius 1 is 1.41 bits per heavy atom. The highest BCUT2D eigenvalue weighted by atomic mass is 35.5. The lowest BCUT2D eigenvalue weighted by molar-refractivity contribution is 0.890. The van der Waals surface area contributed by atoms with E-state index in [4.69, 9.17) is 17.3 Å². The van der Waals surface area contributed by atoms with Crippen molar-refractivity contribution in [1.82, 2.24) is 19.6 Å². The lowest BCUT2D eigenvalue weighted by Crippen LogP contribution is -2.15. The Labute approximate surface area is 135 Å². The first kappa shape index (κ1) is 14.9. The Balaban J connectivity index is 1.79. The van der Waals surface area contributed by atoms with Gasteiger partial charge in [-0.15, -0.1) is 11.8 Å². The number of rotatable bonds is 4. The van der Waals surface area contributed by atoms with E-state index in [9.17, 15) is 4.79 Å². The van der Waals surface area contributed by atoms with Crippen molar-refractivity contribution in [3.63, 3.8) is 0 Å². The second-order valence-corrected chi connectivity index (χ2v) is 6.54. The van der Waals surface area contributed by atoms with Gasteiger partial charge in [0.25, 0.3) is 11.3 Å². The van der Waals surface area contributed by atoms with Crippen LogP contribution in [0, 0.1) is 0 Å². The van der Waals surface area contributed by atoms with Crippen molar-refractivity contribution in [2.45, 2.75) is 17.9 Å². The molecule has 0 radical (unpaired) electrons. The van der Waals surface area contributed by atoms with E-state index in [-0.39, 0.29) is 22.5 Å². The van der Waals surface area contributed by atoms with Crippen LogP contribution in [0.1, 0.15) is 23.4 Å². The van der Waals surface area contributed by atoms with Crippen molar-refractivity contribution in [2.75, 3.05) is 5.73 Å². The van der Waals surface area contributed by atoms with Crippen LogP contribution in [0.2, 0.25) is 5.02 Å². The maximum absolute atomic E-state index is 11.9. The van der Waals surface area contributed by atoms with Crippen molar-refractivity contribution in [3.8, 4) is 0 Å². The van der Waals surface area contributed by atoms with Crippen LogP contribution < -0.4 is 11.3 Å². The van der Waals surface area contributed by atoms with E-state index in [1.807, 2.05) is 24.3 Å². The van der Waals surface area contributed by atoms with Crippen LogP contribution in [0.5, 0.6) is 0 Å². The van der Waals surface area contributed by atoms with E-state index in [1.54, 1.807) is 11.8 Å². The summed E-state index contributed by atoms with van der Waals surface area (Å²) in [6.45, 7) is 2.07. The smallest absolute Gasteiger partial charge is 0.274 e. The Kier molecular flexibility index (Phi) is 4.08. The van der Waals surface area contributed by atoms with Gasteiger partial charge < -0.3 is 5.73 Å². The fraction of sp³-hybridized carbons (Fsp3) is 0.214. The molecule has 0 aliphatic rings. The fourth-order valence-electron chi connectivity index (χ4n) is 2.12. The lowest BCUT2D eigenvalue weighted by Gasteiger charge is -2.12. The number of aromatic amines is 1. The topological polar surface area (TPSA) is 89.1 Å². The van der Waals surface area contributed by atoms with E-state index in [1.165, 1.54) is 10.6 Å². The first-order valence-electron chi connectivity index (χ1n) is 6.65. The monoisotopic (exact) mass is 335 g/mol. The standard InChI is InChI=1S/C14H14ClN5OS/c1-8(10-4-2-3-5-11(10)15)22-7-9-6-12(21)20-14(17-9)18-13(16)19-20/h2-6,8H,7H2,1H3,(H3,16,17,18,19). The molecule has 3 rings (SSSR count). The number of hydrogen-bond donors (Lipinski definition) is 2. The summed E-state index contributed by atoms with van der Waals surface area (Å²) in [5, 5.41) is 3.57. The molecular formula is C14H14ClN5OS. The molecule has 22 heavy (non-hydrogen) atoms. The highest BCUT2D eigenvalue weighted by molar-refractivity contribution is 7.98. The number of fused-ring (bicyclic) bond motifs is 1. The van der Waals surface area contributed by atoms with Crippen LogP contribution in [0.15, 0.2) is 35.1 Å². The summed E-state index contributed by atoms with van der Waals surface area (Å²) in [4.78, 5) is 20.3. The first-order valence-corrected chi connectivity index (χ1v) is 8.07. The lowest BCUT2D eigenvalue weighted by atomic mass is 10.2. The molecule has 0 bridgehead atoms. The molecule has 0 fully saturated rings. The van der Waals surface area contributed by atoms with Crippen LogP contribution in [0.4, 0.5) is 5.95 Å². The van der Waals surface area contributed by atoms with Gasteiger partial charge in [-0.2, -0.15) is 9.50 Å². The van der Waals surface area contributed by atoms with Gasteiger partial charge in [-0.25, -0.2) is 4.98 Å². The Morgan fingerprint density at radius 3 is 2.95 bits per heavy atom. The van der Waals surface area contributed by atoms with Crippen molar-refractivity contribution < 1.29 is 0 Å². The summed E-state index contributed by atoms with van der Waals surface area (Å²) in [6.07, 6.45) is 0. The van der Waals surface area contributed by atoms with Gasteiger partial charge in [0, 0.05) is 22.1 Å². The Bertz CT molecular complexity index is 875. The fourth-order valence-corrected chi connectivity index (χ4v) is 3.44. The molecule has 8 heteroatoms. The molecule has 2 heterocycles. The normalized spacial score (nSPS) is 12.6. The molecule has 0 saturated carbocycles. The van der Waals surface area contributed by atoms with Gasteiger partial charge in [0.15, 0.2) is 0 Å².